The first kappa shape index (κ1) is 17.1. The average molecular weight is 362 g/mol. The fourth-order valence-electron chi connectivity index (χ4n) is 4.20. The number of aliphatic hydroxyl groups excluding tert-OH is 1. The second-order valence-electron chi connectivity index (χ2n) is 6.89. The zero-order chi connectivity index (χ0) is 17.4. The van der Waals surface area contributed by atoms with Crippen LogP contribution in [0, 0.1) is 6.92 Å². The van der Waals surface area contributed by atoms with Crippen LogP contribution in [0.4, 0.5) is 5.82 Å². The lowest BCUT2D eigenvalue weighted by Crippen LogP contribution is -2.56. The monoisotopic (exact) mass is 362 g/mol. The molecule has 6 nitrogen and oxygen atoms in total. The number of aryl methyl sites for hydroxylation is 2. The van der Waals surface area contributed by atoms with Gasteiger partial charge in [0, 0.05) is 37.1 Å². The predicted molar refractivity (Wildman–Crippen MR) is 101 cm³/mol. The zero-order valence-electron chi connectivity index (χ0n) is 14.9. The average Bonchev–Trinajstić information content (AvgIpc) is 2.97. The quantitative estimate of drug-likeness (QED) is 0.899. The second-order valence-corrected chi connectivity index (χ2v) is 8.09. The highest BCUT2D eigenvalue weighted by atomic mass is 32.1. The Labute approximate surface area is 152 Å². The Hall–Kier alpha value is -1.28. The third kappa shape index (κ3) is 3.14. The highest BCUT2D eigenvalue weighted by Crippen LogP contribution is 2.36. The maximum Gasteiger partial charge on any atom is 0.141 e. The van der Waals surface area contributed by atoms with Gasteiger partial charge in [0.15, 0.2) is 0 Å². The Bertz CT molecular complexity index is 744. The lowest BCUT2D eigenvalue weighted by Gasteiger charge is -2.43. The molecule has 1 N–H and O–H groups in total. The topological polar surface area (TPSA) is 61.7 Å². The van der Waals surface area contributed by atoms with Crippen LogP contribution in [-0.2, 0) is 11.2 Å². The molecule has 25 heavy (non-hydrogen) atoms. The molecule has 2 atom stereocenters. The summed E-state index contributed by atoms with van der Waals surface area (Å²) in [5, 5.41) is 12.0. The molecule has 0 radical (unpaired) electrons. The number of aromatic nitrogens is 2. The molecule has 2 saturated heterocycles. The lowest BCUT2D eigenvalue weighted by atomic mass is 9.99. The fraction of sp³-hybridized carbons (Fsp3) is 0.667. The molecule has 4 rings (SSSR count). The molecule has 2 fully saturated rings. The number of hydrogen-bond donors (Lipinski definition) is 1. The highest BCUT2D eigenvalue weighted by Gasteiger charge is 2.34. The molecular weight excluding hydrogens is 336 g/mol. The number of thiophene rings is 1. The molecule has 0 spiro atoms. The largest absolute Gasteiger partial charge is 0.390 e. The van der Waals surface area contributed by atoms with Gasteiger partial charge in [-0.15, -0.1) is 11.3 Å². The van der Waals surface area contributed by atoms with Gasteiger partial charge in [-0.2, -0.15) is 0 Å². The van der Waals surface area contributed by atoms with Gasteiger partial charge >= 0.3 is 0 Å². The molecule has 0 amide bonds. The minimum absolute atomic E-state index is 0.229. The Morgan fingerprint density at radius 1 is 1.28 bits per heavy atom. The van der Waals surface area contributed by atoms with Gasteiger partial charge in [-0.05, 0) is 25.3 Å². The van der Waals surface area contributed by atoms with E-state index in [0.29, 0.717) is 6.54 Å². The molecule has 136 valence electrons. The Kier molecular flexibility index (Phi) is 4.90. The van der Waals surface area contributed by atoms with Crippen molar-refractivity contribution in [2.45, 2.75) is 38.8 Å². The third-order valence-corrected chi connectivity index (χ3v) is 6.54. The first-order chi connectivity index (χ1) is 12.2. The summed E-state index contributed by atoms with van der Waals surface area (Å²) in [5.41, 5.74) is 1.35. The van der Waals surface area contributed by atoms with Gasteiger partial charge in [-0.25, -0.2) is 9.97 Å². The van der Waals surface area contributed by atoms with E-state index < -0.39 is 0 Å². The van der Waals surface area contributed by atoms with E-state index in [1.807, 2.05) is 0 Å². The minimum atomic E-state index is -0.360. The Balaban J connectivity index is 1.58. The van der Waals surface area contributed by atoms with Crippen LogP contribution in [0.25, 0.3) is 10.2 Å². The molecule has 0 saturated carbocycles. The van der Waals surface area contributed by atoms with E-state index in [-0.39, 0.29) is 12.1 Å². The van der Waals surface area contributed by atoms with Crippen molar-refractivity contribution >= 4 is 27.4 Å². The van der Waals surface area contributed by atoms with Gasteiger partial charge in [0.25, 0.3) is 0 Å². The van der Waals surface area contributed by atoms with Crippen LogP contribution in [0.2, 0.25) is 0 Å². The van der Waals surface area contributed by atoms with Gasteiger partial charge in [0.1, 0.15) is 17.0 Å². The number of morpholine rings is 1. The van der Waals surface area contributed by atoms with Crippen LogP contribution >= 0.6 is 11.3 Å². The van der Waals surface area contributed by atoms with E-state index in [1.165, 1.54) is 15.8 Å². The van der Waals surface area contributed by atoms with Crippen molar-refractivity contribution in [3.63, 3.8) is 0 Å². The number of piperidine rings is 1. The number of aliphatic hydroxyl groups is 1. The summed E-state index contributed by atoms with van der Waals surface area (Å²) in [6, 6.07) is 0.229. The summed E-state index contributed by atoms with van der Waals surface area (Å²) in [7, 11) is 0. The van der Waals surface area contributed by atoms with Crippen molar-refractivity contribution in [3.05, 3.63) is 16.8 Å². The summed E-state index contributed by atoms with van der Waals surface area (Å²) in [6.07, 6.45) is 3.24. The molecule has 4 heterocycles. The van der Waals surface area contributed by atoms with E-state index in [9.17, 15) is 5.11 Å². The van der Waals surface area contributed by atoms with Crippen LogP contribution in [0.3, 0.4) is 0 Å². The molecule has 7 heteroatoms. The van der Waals surface area contributed by atoms with Crippen LogP contribution < -0.4 is 4.90 Å². The minimum Gasteiger partial charge on any atom is -0.390 e. The van der Waals surface area contributed by atoms with Gasteiger partial charge in [-0.3, -0.25) is 4.90 Å². The Morgan fingerprint density at radius 3 is 2.80 bits per heavy atom. The van der Waals surface area contributed by atoms with Gasteiger partial charge < -0.3 is 14.7 Å². The molecule has 0 bridgehead atoms. The highest BCUT2D eigenvalue weighted by molar-refractivity contribution is 7.18. The molecule has 2 aliphatic heterocycles. The third-order valence-electron chi connectivity index (χ3n) is 5.48. The summed E-state index contributed by atoms with van der Waals surface area (Å²) in [4.78, 5) is 16.1. The van der Waals surface area contributed by atoms with Crippen LogP contribution in [-0.4, -0.2) is 71.5 Å². The number of fused-ring (bicyclic) bond motifs is 1. The number of ether oxygens (including phenoxy) is 1. The SMILES string of the molecule is CCc1c(C)sc2ncnc(N3CC[C@H](N4CCOCC4)[C@@H](O)C3)c12. The van der Waals surface area contributed by atoms with Crippen molar-refractivity contribution < 1.29 is 9.84 Å². The van der Waals surface area contributed by atoms with E-state index in [0.717, 1.165) is 56.3 Å². The summed E-state index contributed by atoms with van der Waals surface area (Å²) in [6.45, 7) is 9.28. The molecule has 0 unspecified atom stereocenters. The van der Waals surface area contributed by atoms with E-state index >= 15 is 0 Å². The van der Waals surface area contributed by atoms with Crippen molar-refractivity contribution in [2.75, 3.05) is 44.3 Å². The van der Waals surface area contributed by atoms with Crippen LogP contribution in [0.5, 0.6) is 0 Å². The summed E-state index contributed by atoms with van der Waals surface area (Å²) >= 11 is 1.74. The molecule has 2 aromatic rings. The maximum atomic E-state index is 10.8. The van der Waals surface area contributed by atoms with Crippen molar-refractivity contribution in [2.24, 2.45) is 0 Å². The normalized spacial score (nSPS) is 25.6. The summed E-state index contributed by atoms with van der Waals surface area (Å²) < 4.78 is 5.44. The maximum absolute atomic E-state index is 10.8. The number of β-amino-alcohol motifs (C(OH)–C–C–N with tert-alkyl or cyclic N) is 1. The van der Waals surface area contributed by atoms with Crippen molar-refractivity contribution in [1.29, 1.82) is 0 Å². The number of nitrogens with zero attached hydrogens (tertiary/aromatic N) is 4. The van der Waals surface area contributed by atoms with Gasteiger partial charge in [-0.1, -0.05) is 6.92 Å². The van der Waals surface area contributed by atoms with Crippen molar-refractivity contribution in [3.8, 4) is 0 Å². The van der Waals surface area contributed by atoms with E-state index in [1.54, 1.807) is 17.7 Å². The van der Waals surface area contributed by atoms with E-state index in [2.05, 4.69) is 33.6 Å². The van der Waals surface area contributed by atoms with Gasteiger partial charge in [0.05, 0.1) is 24.7 Å². The first-order valence-electron chi connectivity index (χ1n) is 9.16. The number of rotatable bonds is 3. The molecule has 0 aliphatic carbocycles. The van der Waals surface area contributed by atoms with Gasteiger partial charge in [0.2, 0.25) is 0 Å². The molecule has 2 aromatic heterocycles. The standard InChI is InChI=1S/C18H26N4O2S/c1-3-13-12(2)25-18-16(13)17(19-11-20-18)22-5-4-14(15(23)10-22)21-6-8-24-9-7-21/h11,14-15,23H,3-10H2,1-2H3/t14-,15-/m0/s1. The number of hydrogen-bond acceptors (Lipinski definition) is 7. The molecule has 0 aromatic carbocycles. The molecular formula is C18H26N4O2S. The Morgan fingerprint density at radius 2 is 2.08 bits per heavy atom. The zero-order valence-corrected chi connectivity index (χ0v) is 15.8. The smallest absolute Gasteiger partial charge is 0.141 e. The fourth-order valence-corrected chi connectivity index (χ4v) is 5.27. The number of anilines is 1. The van der Waals surface area contributed by atoms with E-state index in [4.69, 9.17) is 4.74 Å². The predicted octanol–water partition coefficient (Wildman–Crippen LogP) is 1.83. The van der Waals surface area contributed by atoms with Crippen molar-refractivity contribution in [1.82, 2.24) is 14.9 Å². The van der Waals surface area contributed by atoms with Crippen LogP contribution in [0.1, 0.15) is 23.8 Å². The summed E-state index contributed by atoms with van der Waals surface area (Å²) in [5.74, 6) is 0.991. The first-order valence-corrected chi connectivity index (χ1v) is 9.98. The van der Waals surface area contributed by atoms with Crippen LogP contribution in [0.15, 0.2) is 6.33 Å². The molecule has 2 aliphatic rings. The lowest BCUT2D eigenvalue weighted by molar-refractivity contribution is -0.0274. The second kappa shape index (κ2) is 7.15.